The van der Waals surface area contributed by atoms with Gasteiger partial charge in [0, 0.05) is 23.7 Å². The average molecular weight is 361 g/mol. The number of amides is 1. The molecule has 1 aromatic heterocycles. The summed E-state index contributed by atoms with van der Waals surface area (Å²) in [5.74, 6) is -0.522. The Morgan fingerprint density at radius 1 is 1.11 bits per heavy atom. The van der Waals surface area contributed by atoms with Crippen molar-refractivity contribution in [2.75, 3.05) is 0 Å². The van der Waals surface area contributed by atoms with Gasteiger partial charge in [0.15, 0.2) is 0 Å². The van der Waals surface area contributed by atoms with Crippen LogP contribution >= 0.6 is 0 Å². The third-order valence-corrected chi connectivity index (χ3v) is 4.51. The molecule has 1 N–H and O–H groups in total. The van der Waals surface area contributed by atoms with Crippen molar-refractivity contribution in [2.24, 2.45) is 0 Å². The zero-order valence-electron chi connectivity index (χ0n) is 14.7. The van der Waals surface area contributed by atoms with E-state index in [0.29, 0.717) is 12.8 Å². The van der Waals surface area contributed by atoms with Gasteiger partial charge in [-0.05, 0) is 18.6 Å². The number of benzene rings is 2. The number of esters is 1. The summed E-state index contributed by atoms with van der Waals surface area (Å²) < 4.78 is 7.25. The first-order valence-corrected chi connectivity index (χ1v) is 8.86. The van der Waals surface area contributed by atoms with E-state index in [1.54, 1.807) is 4.68 Å². The van der Waals surface area contributed by atoms with Crippen LogP contribution in [-0.4, -0.2) is 27.7 Å². The van der Waals surface area contributed by atoms with Gasteiger partial charge in [0.25, 0.3) is 0 Å². The molecule has 0 unspecified atom stereocenters. The van der Waals surface area contributed by atoms with E-state index in [2.05, 4.69) is 5.32 Å². The number of aromatic nitrogens is 2. The standard InChI is InChI=1S/C21H19N3O3/c25-19-12-11-18(22-19)21(26)27-14-16-13-24(17-9-5-2-6-10-17)23-20(16)15-7-3-1-4-8-15/h1-10,13,18H,11-12,14H2,(H,22,25)/t18-/m0/s1. The highest BCUT2D eigenvalue weighted by atomic mass is 16.5. The molecule has 1 fully saturated rings. The first-order valence-electron chi connectivity index (χ1n) is 8.86. The van der Waals surface area contributed by atoms with Gasteiger partial charge in [-0.1, -0.05) is 48.5 Å². The molecule has 1 aliphatic rings. The lowest BCUT2D eigenvalue weighted by molar-refractivity contribution is -0.147. The van der Waals surface area contributed by atoms with Gasteiger partial charge in [-0.3, -0.25) is 4.79 Å². The van der Waals surface area contributed by atoms with Gasteiger partial charge in [0.05, 0.1) is 11.4 Å². The van der Waals surface area contributed by atoms with Crippen LogP contribution in [0.5, 0.6) is 0 Å². The summed E-state index contributed by atoms with van der Waals surface area (Å²) in [5.41, 5.74) is 3.45. The van der Waals surface area contributed by atoms with Crippen LogP contribution in [0.4, 0.5) is 0 Å². The van der Waals surface area contributed by atoms with Crippen LogP contribution in [0, 0.1) is 0 Å². The van der Waals surface area contributed by atoms with E-state index in [4.69, 9.17) is 9.84 Å². The lowest BCUT2D eigenvalue weighted by atomic mass is 10.1. The Balaban J connectivity index is 1.59. The van der Waals surface area contributed by atoms with Crippen LogP contribution in [0.1, 0.15) is 18.4 Å². The molecule has 1 amide bonds. The lowest BCUT2D eigenvalue weighted by Crippen LogP contribution is -2.34. The highest BCUT2D eigenvalue weighted by Crippen LogP contribution is 2.24. The monoisotopic (exact) mass is 361 g/mol. The normalized spacial score (nSPS) is 16.1. The maximum atomic E-state index is 12.2. The molecule has 1 saturated heterocycles. The maximum absolute atomic E-state index is 12.2. The highest BCUT2D eigenvalue weighted by molar-refractivity contribution is 5.88. The Labute approximate surface area is 156 Å². The SMILES string of the molecule is O=C1CC[C@@H](C(=O)OCc2cn(-c3ccccc3)nc2-c2ccccc2)N1. The minimum atomic E-state index is -0.554. The number of nitrogens with one attached hydrogen (secondary N) is 1. The van der Waals surface area contributed by atoms with E-state index >= 15 is 0 Å². The zero-order valence-corrected chi connectivity index (χ0v) is 14.7. The molecule has 4 rings (SSSR count). The molecule has 0 bridgehead atoms. The van der Waals surface area contributed by atoms with Crippen molar-refractivity contribution in [3.8, 4) is 16.9 Å². The predicted molar refractivity (Wildman–Crippen MR) is 100.0 cm³/mol. The molecule has 0 spiro atoms. The predicted octanol–water partition coefficient (Wildman–Crippen LogP) is 2.86. The fourth-order valence-electron chi connectivity index (χ4n) is 3.11. The Kier molecular flexibility index (Phi) is 4.70. The summed E-state index contributed by atoms with van der Waals surface area (Å²) in [6, 6.07) is 19.0. The molecular weight excluding hydrogens is 342 g/mol. The average Bonchev–Trinajstić information content (AvgIpc) is 3.34. The molecule has 6 heteroatoms. The Hall–Kier alpha value is -3.41. The number of hydrogen-bond acceptors (Lipinski definition) is 4. The number of carbonyl (C=O) groups is 2. The minimum Gasteiger partial charge on any atom is -0.459 e. The highest BCUT2D eigenvalue weighted by Gasteiger charge is 2.28. The molecule has 1 aliphatic heterocycles. The minimum absolute atomic E-state index is 0.0995. The van der Waals surface area contributed by atoms with E-state index in [1.165, 1.54) is 0 Å². The summed E-state index contributed by atoms with van der Waals surface area (Å²) in [6.07, 6.45) is 2.71. The number of carbonyl (C=O) groups excluding carboxylic acids is 2. The smallest absolute Gasteiger partial charge is 0.328 e. The third-order valence-electron chi connectivity index (χ3n) is 4.51. The fraction of sp³-hybridized carbons (Fsp3) is 0.190. The molecule has 0 saturated carbocycles. The summed E-state index contributed by atoms with van der Waals surface area (Å²) >= 11 is 0. The number of rotatable bonds is 5. The molecule has 2 aromatic carbocycles. The van der Waals surface area contributed by atoms with Crippen LogP contribution in [0.25, 0.3) is 16.9 Å². The van der Waals surface area contributed by atoms with Gasteiger partial charge in [0.2, 0.25) is 5.91 Å². The molecule has 0 aliphatic carbocycles. The summed E-state index contributed by atoms with van der Waals surface area (Å²) in [5, 5.41) is 7.33. The first kappa shape index (κ1) is 17.0. The lowest BCUT2D eigenvalue weighted by Gasteiger charge is -2.10. The molecule has 3 aromatic rings. The van der Waals surface area contributed by atoms with Crippen LogP contribution in [0.2, 0.25) is 0 Å². The van der Waals surface area contributed by atoms with Gasteiger partial charge in [-0.25, -0.2) is 9.48 Å². The van der Waals surface area contributed by atoms with Gasteiger partial charge in [-0.15, -0.1) is 0 Å². The Bertz CT molecular complexity index is 951. The summed E-state index contributed by atoms with van der Waals surface area (Å²) in [7, 11) is 0. The Morgan fingerprint density at radius 2 is 1.81 bits per heavy atom. The molecular formula is C21H19N3O3. The van der Waals surface area contributed by atoms with Crippen LogP contribution < -0.4 is 5.32 Å². The van der Waals surface area contributed by atoms with Gasteiger partial charge in [0.1, 0.15) is 12.6 Å². The second kappa shape index (κ2) is 7.45. The van der Waals surface area contributed by atoms with E-state index < -0.39 is 12.0 Å². The van der Waals surface area contributed by atoms with E-state index in [-0.39, 0.29) is 12.5 Å². The fourth-order valence-corrected chi connectivity index (χ4v) is 3.11. The van der Waals surface area contributed by atoms with Crippen LogP contribution in [-0.2, 0) is 20.9 Å². The molecule has 136 valence electrons. The van der Waals surface area contributed by atoms with Crippen LogP contribution in [0.15, 0.2) is 66.9 Å². The summed E-state index contributed by atoms with van der Waals surface area (Å²) in [6.45, 7) is 0.0995. The maximum Gasteiger partial charge on any atom is 0.328 e. The number of para-hydroxylation sites is 1. The van der Waals surface area contributed by atoms with Crippen molar-refractivity contribution in [1.29, 1.82) is 0 Å². The second-order valence-corrected chi connectivity index (χ2v) is 6.42. The van der Waals surface area contributed by atoms with Gasteiger partial charge < -0.3 is 10.1 Å². The Morgan fingerprint density at radius 3 is 2.48 bits per heavy atom. The van der Waals surface area contributed by atoms with Crippen molar-refractivity contribution < 1.29 is 14.3 Å². The second-order valence-electron chi connectivity index (χ2n) is 6.42. The van der Waals surface area contributed by atoms with Gasteiger partial charge >= 0.3 is 5.97 Å². The number of nitrogens with zero attached hydrogens (tertiary/aromatic N) is 2. The van der Waals surface area contributed by atoms with E-state index in [1.807, 2.05) is 66.9 Å². The van der Waals surface area contributed by atoms with E-state index in [0.717, 1.165) is 22.5 Å². The van der Waals surface area contributed by atoms with Crippen molar-refractivity contribution in [2.45, 2.75) is 25.5 Å². The molecule has 1 atom stereocenters. The van der Waals surface area contributed by atoms with Crippen molar-refractivity contribution >= 4 is 11.9 Å². The molecule has 2 heterocycles. The summed E-state index contributed by atoms with van der Waals surface area (Å²) in [4.78, 5) is 23.5. The molecule has 6 nitrogen and oxygen atoms in total. The van der Waals surface area contributed by atoms with E-state index in [9.17, 15) is 9.59 Å². The third kappa shape index (κ3) is 3.74. The first-order chi connectivity index (χ1) is 13.2. The van der Waals surface area contributed by atoms with Crippen molar-refractivity contribution in [3.63, 3.8) is 0 Å². The van der Waals surface area contributed by atoms with Gasteiger partial charge in [-0.2, -0.15) is 5.10 Å². The number of hydrogen-bond donors (Lipinski definition) is 1. The molecule has 0 radical (unpaired) electrons. The quantitative estimate of drug-likeness (QED) is 0.709. The zero-order chi connectivity index (χ0) is 18.6. The number of ether oxygens (including phenoxy) is 1. The van der Waals surface area contributed by atoms with Crippen molar-refractivity contribution in [1.82, 2.24) is 15.1 Å². The topological polar surface area (TPSA) is 73.2 Å². The van der Waals surface area contributed by atoms with Crippen molar-refractivity contribution in [3.05, 3.63) is 72.4 Å². The molecule has 27 heavy (non-hydrogen) atoms. The van der Waals surface area contributed by atoms with Crippen LogP contribution in [0.3, 0.4) is 0 Å². The largest absolute Gasteiger partial charge is 0.459 e.